The van der Waals surface area contributed by atoms with E-state index < -0.39 is 5.97 Å². The highest BCUT2D eigenvalue weighted by Gasteiger charge is 2.12. The maximum atomic E-state index is 11.3. The fraction of sp³-hybridized carbons (Fsp3) is 0.231. The molecule has 0 aliphatic carbocycles. The Morgan fingerprint density at radius 2 is 2.17 bits per heavy atom. The molecule has 0 fully saturated rings. The predicted molar refractivity (Wildman–Crippen MR) is 73.8 cm³/mol. The lowest BCUT2D eigenvalue weighted by Crippen LogP contribution is -2.05. The van der Waals surface area contributed by atoms with Gasteiger partial charge >= 0.3 is 5.97 Å². The van der Waals surface area contributed by atoms with Gasteiger partial charge in [-0.25, -0.2) is 4.79 Å². The maximum absolute atomic E-state index is 11.3. The highest BCUT2D eigenvalue weighted by atomic mass is 79.9. The second-order valence-corrected chi connectivity index (χ2v) is 4.94. The highest BCUT2D eigenvalue weighted by molar-refractivity contribution is 9.10. The second kappa shape index (κ2) is 5.46. The number of aromatic nitrogens is 1. The molecule has 3 N–H and O–H groups in total. The van der Waals surface area contributed by atoms with E-state index >= 15 is 0 Å². The number of aromatic carboxylic acids is 1. The number of carboxylic acid groups (broad SMARTS) is 1. The summed E-state index contributed by atoms with van der Waals surface area (Å²) in [6, 6.07) is 7.08. The standard InChI is InChI=1S/C13H13BrN2O2/c14-8-3-4-12-10(6-8)11(13(17)18)7-9(16-12)2-1-5-15/h3-4,6-7H,1-2,5,15H2,(H,17,18). The van der Waals surface area contributed by atoms with E-state index in [-0.39, 0.29) is 5.56 Å². The van der Waals surface area contributed by atoms with Crippen LogP contribution >= 0.6 is 15.9 Å². The molecule has 1 aromatic heterocycles. The number of nitrogens with two attached hydrogens (primary N) is 1. The summed E-state index contributed by atoms with van der Waals surface area (Å²) in [5.74, 6) is -0.936. The van der Waals surface area contributed by atoms with Gasteiger partial charge in [0.1, 0.15) is 0 Å². The lowest BCUT2D eigenvalue weighted by atomic mass is 10.1. The van der Waals surface area contributed by atoms with Crippen molar-refractivity contribution in [2.75, 3.05) is 6.54 Å². The summed E-state index contributed by atoms with van der Waals surface area (Å²) in [5.41, 5.74) is 7.21. The van der Waals surface area contributed by atoms with Crippen molar-refractivity contribution in [3.8, 4) is 0 Å². The molecule has 0 spiro atoms. The highest BCUT2D eigenvalue weighted by Crippen LogP contribution is 2.23. The van der Waals surface area contributed by atoms with E-state index in [4.69, 9.17) is 5.73 Å². The molecule has 0 bridgehead atoms. The number of rotatable bonds is 4. The Balaban J connectivity index is 2.59. The minimum Gasteiger partial charge on any atom is -0.478 e. The molecule has 18 heavy (non-hydrogen) atoms. The van der Waals surface area contributed by atoms with Gasteiger partial charge in [-0.05, 0) is 43.7 Å². The van der Waals surface area contributed by atoms with Crippen molar-refractivity contribution in [2.45, 2.75) is 12.8 Å². The van der Waals surface area contributed by atoms with Gasteiger partial charge in [-0.2, -0.15) is 0 Å². The molecule has 1 heterocycles. The van der Waals surface area contributed by atoms with Crippen molar-refractivity contribution in [2.24, 2.45) is 5.73 Å². The first-order valence-corrected chi connectivity index (χ1v) is 6.43. The quantitative estimate of drug-likeness (QED) is 0.910. The van der Waals surface area contributed by atoms with Crippen LogP contribution in [0.1, 0.15) is 22.5 Å². The summed E-state index contributed by atoms with van der Waals surface area (Å²) in [4.78, 5) is 15.7. The molecule has 0 saturated heterocycles. The number of pyridine rings is 1. The van der Waals surface area contributed by atoms with Gasteiger partial charge in [0.2, 0.25) is 0 Å². The first-order valence-electron chi connectivity index (χ1n) is 5.64. The van der Waals surface area contributed by atoms with E-state index in [2.05, 4.69) is 20.9 Å². The van der Waals surface area contributed by atoms with Gasteiger partial charge in [0.25, 0.3) is 0 Å². The third-order valence-electron chi connectivity index (χ3n) is 2.69. The van der Waals surface area contributed by atoms with Crippen molar-refractivity contribution >= 4 is 32.8 Å². The Kier molecular flexibility index (Phi) is 3.93. The third kappa shape index (κ3) is 2.68. The summed E-state index contributed by atoms with van der Waals surface area (Å²) in [6.45, 7) is 0.572. The van der Waals surface area contributed by atoms with Crippen LogP contribution < -0.4 is 5.73 Å². The molecule has 0 unspecified atom stereocenters. The molecule has 0 aliphatic rings. The van der Waals surface area contributed by atoms with Crippen molar-refractivity contribution in [1.29, 1.82) is 0 Å². The number of aryl methyl sites for hydroxylation is 1. The number of hydrogen-bond acceptors (Lipinski definition) is 3. The fourth-order valence-corrected chi connectivity index (χ4v) is 2.20. The molecule has 2 rings (SSSR count). The number of nitrogens with zero attached hydrogens (tertiary/aromatic N) is 1. The SMILES string of the molecule is NCCCc1cc(C(=O)O)c2cc(Br)ccc2n1. The summed E-state index contributed by atoms with van der Waals surface area (Å²) in [5, 5.41) is 9.90. The lowest BCUT2D eigenvalue weighted by Gasteiger charge is -2.07. The zero-order chi connectivity index (χ0) is 13.1. The number of fused-ring (bicyclic) bond motifs is 1. The van der Waals surface area contributed by atoms with Crippen molar-refractivity contribution < 1.29 is 9.90 Å². The number of carbonyl (C=O) groups is 1. The Morgan fingerprint density at radius 3 is 2.83 bits per heavy atom. The van der Waals surface area contributed by atoms with Gasteiger partial charge in [0, 0.05) is 15.6 Å². The van der Waals surface area contributed by atoms with Crippen LogP contribution in [0.4, 0.5) is 0 Å². The Bertz CT molecular complexity index is 599. The number of carboxylic acids is 1. The van der Waals surface area contributed by atoms with Gasteiger partial charge in [-0.1, -0.05) is 15.9 Å². The predicted octanol–water partition coefficient (Wildman–Crippen LogP) is 2.59. The van der Waals surface area contributed by atoms with Gasteiger partial charge in [0.05, 0.1) is 11.1 Å². The van der Waals surface area contributed by atoms with Crippen molar-refractivity contribution in [3.05, 3.63) is 40.0 Å². The molecular weight excluding hydrogens is 296 g/mol. The molecular formula is C13H13BrN2O2. The van der Waals surface area contributed by atoms with Crippen LogP contribution in [0.3, 0.4) is 0 Å². The van der Waals surface area contributed by atoms with E-state index in [1.54, 1.807) is 12.1 Å². The average molecular weight is 309 g/mol. The normalized spacial score (nSPS) is 10.8. The average Bonchev–Trinajstić information content (AvgIpc) is 2.35. The summed E-state index contributed by atoms with van der Waals surface area (Å²) in [6.07, 6.45) is 1.50. The summed E-state index contributed by atoms with van der Waals surface area (Å²) < 4.78 is 0.842. The minimum atomic E-state index is -0.936. The lowest BCUT2D eigenvalue weighted by molar-refractivity contribution is 0.0699. The zero-order valence-electron chi connectivity index (χ0n) is 9.69. The van der Waals surface area contributed by atoms with Crippen LogP contribution in [-0.2, 0) is 6.42 Å². The van der Waals surface area contributed by atoms with Crippen molar-refractivity contribution in [3.63, 3.8) is 0 Å². The van der Waals surface area contributed by atoms with E-state index in [1.165, 1.54) is 0 Å². The van der Waals surface area contributed by atoms with Crippen molar-refractivity contribution in [1.82, 2.24) is 4.98 Å². The second-order valence-electron chi connectivity index (χ2n) is 4.02. The summed E-state index contributed by atoms with van der Waals surface area (Å²) in [7, 11) is 0. The number of benzene rings is 1. The van der Waals surface area contributed by atoms with Gasteiger partial charge in [-0.15, -0.1) is 0 Å². The van der Waals surface area contributed by atoms with Gasteiger partial charge in [-0.3, -0.25) is 4.98 Å². The molecule has 4 nitrogen and oxygen atoms in total. The first kappa shape index (κ1) is 13.0. The van der Waals surface area contributed by atoms with E-state index in [9.17, 15) is 9.90 Å². The zero-order valence-corrected chi connectivity index (χ0v) is 11.3. The molecule has 0 aliphatic heterocycles. The van der Waals surface area contributed by atoms with Crippen LogP contribution in [0, 0.1) is 0 Å². The van der Waals surface area contributed by atoms with E-state index in [0.717, 1.165) is 16.6 Å². The Morgan fingerprint density at radius 1 is 1.39 bits per heavy atom. The van der Waals surface area contributed by atoms with E-state index in [0.29, 0.717) is 23.9 Å². The molecule has 0 atom stereocenters. The minimum absolute atomic E-state index is 0.285. The third-order valence-corrected chi connectivity index (χ3v) is 3.18. The van der Waals surface area contributed by atoms with Gasteiger partial charge < -0.3 is 10.8 Å². The van der Waals surface area contributed by atoms with Crippen LogP contribution in [0.15, 0.2) is 28.7 Å². The monoisotopic (exact) mass is 308 g/mol. The topological polar surface area (TPSA) is 76.2 Å². The summed E-state index contributed by atoms with van der Waals surface area (Å²) >= 11 is 3.34. The molecule has 1 aromatic carbocycles. The molecule has 5 heteroatoms. The van der Waals surface area contributed by atoms with Crippen LogP contribution in [-0.4, -0.2) is 22.6 Å². The fourth-order valence-electron chi connectivity index (χ4n) is 1.84. The largest absolute Gasteiger partial charge is 0.478 e. The van der Waals surface area contributed by atoms with E-state index in [1.807, 2.05) is 12.1 Å². The van der Waals surface area contributed by atoms with Gasteiger partial charge in [0.15, 0.2) is 0 Å². The molecule has 0 amide bonds. The maximum Gasteiger partial charge on any atom is 0.336 e. The molecule has 0 radical (unpaired) electrons. The molecule has 0 saturated carbocycles. The molecule has 2 aromatic rings. The first-order chi connectivity index (χ1) is 8.61. The van der Waals surface area contributed by atoms with Crippen LogP contribution in [0.25, 0.3) is 10.9 Å². The number of hydrogen-bond donors (Lipinski definition) is 2. The Hall–Kier alpha value is -1.46. The van der Waals surface area contributed by atoms with Crippen LogP contribution in [0.2, 0.25) is 0 Å². The smallest absolute Gasteiger partial charge is 0.336 e. The number of halogens is 1. The molecule has 94 valence electrons. The van der Waals surface area contributed by atoms with Crippen LogP contribution in [0.5, 0.6) is 0 Å². The Labute approximate surface area is 113 Å².